The van der Waals surface area contributed by atoms with E-state index in [1.807, 2.05) is 42.8 Å². The fraction of sp³-hybridized carbons (Fsp3) is 0.333. The summed E-state index contributed by atoms with van der Waals surface area (Å²) < 4.78 is 1.96. The lowest BCUT2D eigenvalue weighted by Gasteiger charge is -2.13. The van der Waals surface area contributed by atoms with Crippen LogP contribution in [-0.4, -0.2) is 21.5 Å². The summed E-state index contributed by atoms with van der Waals surface area (Å²) >= 11 is 0. The van der Waals surface area contributed by atoms with Gasteiger partial charge in [0.15, 0.2) is 0 Å². The highest BCUT2D eigenvalue weighted by atomic mass is 16.1. The van der Waals surface area contributed by atoms with Gasteiger partial charge < -0.3 is 9.88 Å². The van der Waals surface area contributed by atoms with E-state index in [1.54, 1.807) is 18.6 Å². The monoisotopic (exact) mass is 297 g/mol. The van der Waals surface area contributed by atoms with Crippen molar-refractivity contribution in [2.45, 2.75) is 39.3 Å². The number of nitrogens with zero attached hydrogens (tertiary/aromatic N) is 2. The van der Waals surface area contributed by atoms with Gasteiger partial charge >= 0.3 is 0 Å². The smallest absolute Gasteiger partial charge is 0.244 e. The van der Waals surface area contributed by atoms with E-state index in [1.165, 1.54) is 5.56 Å². The molecule has 0 unspecified atom stereocenters. The van der Waals surface area contributed by atoms with Crippen molar-refractivity contribution in [3.63, 3.8) is 0 Å². The van der Waals surface area contributed by atoms with Gasteiger partial charge in [0.1, 0.15) is 0 Å². The maximum absolute atomic E-state index is 12.0. The summed E-state index contributed by atoms with van der Waals surface area (Å²) in [5.74, 6) is -0.0295. The molecule has 4 heteroatoms. The van der Waals surface area contributed by atoms with Crippen LogP contribution in [0.1, 0.15) is 25.8 Å². The number of carbonyl (C=O) groups is 1. The van der Waals surface area contributed by atoms with Crippen molar-refractivity contribution >= 4 is 5.91 Å². The fourth-order valence-electron chi connectivity index (χ4n) is 2.32. The number of imidazole rings is 1. The van der Waals surface area contributed by atoms with Crippen molar-refractivity contribution in [2.75, 3.05) is 0 Å². The Hall–Kier alpha value is -2.36. The second kappa shape index (κ2) is 8.17. The molecule has 116 valence electrons. The van der Waals surface area contributed by atoms with Crippen LogP contribution in [0.2, 0.25) is 0 Å². The highest BCUT2D eigenvalue weighted by Crippen LogP contribution is 2.08. The number of nitrogens with one attached hydrogen (secondary N) is 1. The summed E-state index contributed by atoms with van der Waals surface area (Å²) in [4.78, 5) is 16.0. The van der Waals surface area contributed by atoms with E-state index in [0.717, 1.165) is 25.0 Å². The van der Waals surface area contributed by atoms with E-state index in [-0.39, 0.29) is 11.9 Å². The van der Waals surface area contributed by atoms with Crippen molar-refractivity contribution in [3.05, 3.63) is 66.3 Å². The predicted molar refractivity (Wildman–Crippen MR) is 88.4 cm³/mol. The Labute approximate surface area is 131 Å². The van der Waals surface area contributed by atoms with E-state index >= 15 is 0 Å². The first-order valence-corrected chi connectivity index (χ1v) is 7.61. The lowest BCUT2D eigenvalue weighted by atomic mass is 10.1. The molecule has 1 atom stereocenters. The van der Waals surface area contributed by atoms with Crippen LogP contribution in [0, 0.1) is 0 Å². The van der Waals surface area contributed by atoms with Gasteiger partial charge in [0.25, 0.3) is 0 Å². The van der Waals surface area contributed by atoms with Gasteiger partial charge in [-0.25, -0.2) is 4.98 Å². The minimum Gasteiger partial charge on any atom is -0.348 e. The molecule has 0 radical (unpaired) electrons. The topological polar surface area (TPSA) is 46.9 Å². The van der Waals surface area contributed by atoms with Crippen LogP contribution in [0.15, 0.2) is 60.7 Å². The molecular formula is C18H23N3O. The van der Waals surface area contributed by atoms with Gasteiger partial charge in [-0.2, -0.15) is 0 Å². The van der Waals surface area contributed by atoms with E-state index in [4.69, 9.17) is 0 Å². The van der Waals surface area contributed by atoms with Crippen molar-refractivity contribution in [1.82, 2.24) is 14.9 Å². The molecule has 1 heterocycles. The highest BCUT2D eigenvalue weighted by Gasteiger charge is 2.06. The second-order valence-electron chi connectivity index (χ2n) is 5.65. The molecule has 0 saturated carbocycles. The van der Waals surface area contributed by atoms with Crippen molar-refractivity contribution < 1.29 is 4.79 Å². The van der Waals surface area contributed by atoms with E-state index in [2.05, 4.69) is 22.4 Å². The van der Waals surface area contributed by atoms with Gasteiger partial charge in [0, 0.05) is 31.1 Å². The number of carbonyl (C=O) groups excluding carboxylic acids is 1. The zero-order valence-corrected chi connectivity index (χ0v) is 13.2. The first kappa shape index (κ1) is 16.0. The molecule has 0 spiro atoms. The normalized spacial score (nSPS) is 12.9. The number of hydrogen-bond acceptors (Lipinski definition) is 2. The van der Waals surface area contributed by atoms with Gasteiger partial charge in [-0.05, 0) is 32.3 Å². The van der Waals surface area contributed by atoms with Gasteiger partial charge in [-0.15, -0.1) is 0 Å². The Kier molecular flexibility index (Phi) is 5.95. The summed E-state index contributed by atoms with van der Waals surface area (Å²) in [5, 5.41) is 2.98. The minimum absolute atomic E-state index is 0.0295. The fourth-order valence-corrected chi connectivity index (χ4v) is 2.32. The molecule has 1 N–H and O–H groups in total. The molecule has 0 saturated heterocycles. The Balaban J connectivity index is 1.76. The van der Waals surface area contributed by atoms with E-state index < -0.39 is 0 Å². The molecule has 0 bridgehead atoms. The molecule has 0 aliphatic rings. The predicted octanol–water partition coefficient (Wildman–Crippen LogP) is 2.97. The largest absolute Gasteiger partial charge is 0.348 e. The lowest BCUT2D eigenvalue weighted by molar-refractivity contribution is -0.117. The summed E-state index contributed by atoms with van der Waals surface area (Å²) in [6.45, 7) is 4.72. The summed E-state index contributed by atoms with van der Waals surface area (Å²) in [7, 11) is 0. The first-order valence-electron chi connectivity index (χ1n) is 7.61. The highest BCUT2D eigenvalue weighted by molar-refractivity contribution is 5.88. The zero-order chi connectivity index (χ0) is 15.8. The van der Waals surface area contributed by atoms with Crippen molar-refractivity contribution in [1.29, 1.82) is 0 Å². The average Bonchev–Trinajstić information content (AvgIpc) is 2.98. The molecule has 0 fully saturated rings. The molecule has 2 aromatic rings. The Morgan fingerprint density at radius 1 is 1.36 bits per heavy atom. The molecule has 1 amide bonds. The van der Waals surface area contributed by atoms with Crippen LogP contribution in [0.3, 0.4) is 0 Å². The summed E-state index contributed by atoms with van der Waals surface area (Å²) in [6.07, 6.45) is 8.94. The standard InChI is InChI=1S/C18H23N3O/c1-15(8-9-17-6-4-3-5-7-17)12-18(22)20-16(2)13-21-11-10-19-14-21/h3-7,10-12,14,16H,8-9,13H2,1-2H3,(H,20,22)/b15-12+/t16-/m1/s1. The molecular weight excluding hydrogens is 274 g/mol. The average molecular weight is 297 g/mol. The van der Waals surface area contributed by atoms with E-state index in [0.29, 0.717) is 0 Å². The van der Waals surface area contributed by atoms with Crippen LogP contribution in [0.5, 0.6) is 0 Å². The quantitative estimate of drug-likeness (QED) is 0.799. The number of hydrogen-bond donors (Lipinski definition) is 1. The molecule has 0 aliphatic carbocycles. The minimum atomic E-state index is -0.0295. The summed E-state index contributed by atoms with van der Waals surface area (Å²) in [5.41, 5.74) is 2.39. The second-order valence-corrected chi connectivity index (χ2v) is 5.65. The van der Waals surface area contributed by atoms with Crippen molar-refractivity contribution in [2.24, 2.45) is 0 Å². The van der Waals surface area contributed by atoms with E-state index in [9.17, 15) is 4.79 Å². The van der Waals surface area contributed by atoms with Gasteiger partial charge in [-0.1, -0.05) is 35.9 Å². The third-order valence-electron chi connectivity index (χ3n) is 3.46. The van der Waals surface area contributed by atoms with Crippen LogP contribution in [0.25, 0.3) is 0 Å². The zero-order valence-electron chi connectivity index (χ0n) is 13.2. The number of allylic oxidation sites excluding steroid dienone is 1. The van der Waals surface area contributed by atoms with Gasteiger partial charge in [0.05, 0.1) is 6.33 Å². The molecule has 2 rings (SSSR count). The molecule has 4 nitrogen and oxygen atoms in total. The molecule has 1 aromatic heterocycles. The lowest BCUT2D eigenvalue weighted by Crippen LogP contribution is -2.34. The third-order valence-corrected chi connectivity index (χ3v) is 3.46. The number of aromatic nitrogens is 2. The molecule has 22 heavy (non-hydrogen) atoms. The van der Waals surface area contributed by atoms with Crippen LogP contribution in [-0.2, 0) is 17.8 Å². The van der Waals surface area contributed by atoms with Crippen LogP contribution < -0.4 is 5.32 Å². The maximum atomic E-state index is 12.0. The number of aryl methyl sites for hydroxylation is 1. The summed E-state index contributed by atoms with van der Waals surface area (Å²) in [6, 6.07) is 10.4. The van der Waals surface area contributed by atoms with Crippen LogP contribution >= 0.6 is 0 Å². The number of benzene rings is 1. The third kappa shape index (κ3) is 5.56. The number of rotatable bonds is 7. The number of amides is 1. The Bertz CT molecular complexity index is 603. The Morgan fingerprint density at radius 2 is 2.14 bits per heavy atom. The molecule has 0 aliphatic heterocycles. The molecule has 1 aromatic carbocycles. The van der Waals surface area contributed by atoms with Gasteiger partial charge in [0.2, 0.25) is 5.91 Å². The van der Waals surface area contributed by atoms with Crippen LogP contribution in [0.4, 0.5) is 0 Å². The van der Waals surface area contributed by atoms with Gasteiger partial charge in [-0.3, -0.25) is 4.79 Å². The Morgan fingerprint density at radius 3 is 2.82 bits per heavy atom. The SMILES string of the molecule is C/C(=C\C(=O)N[C@H](C)Cn1ccnc1)CCc1ccccc1. The maximum Gasteiger partial charge on any atom is 0.244 e. The van der Waals surface area contributed by atoms with Crippen molar-refractivity contribution in [3.8, 4) is 0 Å². The first-order chi connectivity index (χ1) is 10.6.